The first-order chi connectivity index (χ1) is 18.2. The standard InChI is InChI=1S/C26H18N4O8/c31-21-13-27(25(37)29(21)19-8-1-4-15(10-19)23(33)34)17-6-3-7-18(12-17)28-14-22(32)30(26(28)38)20-9-2-5-16(11-20)24(35)36/h1-12H,13-14H2,(H,33,34)(H,35,36). The first kappa shape index (κ1) is 24.2. The van der Waals surface area contributed by atoms with Crippen LogP contribution in [0, 0.1) is 0 Å². The summed E-state index contributed by atoms with van der Waals surface area (Å²) in [7, 11) is 0. The van der Waals surface area contributed by atoms with E-state index in [0.717, 1.165) is 9.80 Å². The molecule has 0 saturated carbocycles. The van der Waals surface area contributed by atoms with Crippen molar-refractivity contribution in [3.05, 3.63) is 83.9 Å². The average Bonchev–Trinajstić information content (AvgIpc) is 3.37. The molecule has 6 amide bonds. The molecule has 0 atom stereocenters. The van der Waals surface area contributed by atoms with Crippen LogP contribution in [-0.2, 0) is 9.59 Å². The third-order valence-electron chi connectivity index (χ3n) is 6.09. The third kappa shape index (κ3) is 4.09. The zero-order chi connectivity index (χ0) is 27.1. The molecule has 2 fully saturated rings. The Morgan fingerprint density at radius 3 is 1.32 bits per heavy atom. The molecular weight excluding hydrogens is 496 g/mol. The maximum atomic E-state index is 13.2. The Morgan fingerprint density at radius 1 is 0.553 bits per heavy atom. The average molecular weight is 514 g/mol. The minimum atomic E-state index is -1.20. The molecule has 12 heteroatoms. The fourth-order valence-corrected chi connectivity index (χ4v) is 4.30. The largest absolute Gasteiger partial charge is 0.478 e. The van der Waals surface area contributed by atoms with Crippen molar-refractivity contribution >= 4 is 58.6 Å². The highest BCUT2D eigenvalue weighted by atomic mass is 16.4. The number of rotatable bonds is 6. The lowest BCUT2D eigenvalue weighted by Gasteiger charge is -2.21. The summed E-state index contributed by atoms with van der Waals surface area (Å²) in [6.07, 6.45) is 0. The van der Waals surface area contributed by atoms with Gasteiger partial charge in [0.1, 0.15) is 13.1 Å². The quantitative estimate of drug-likeness (QED) is 0.476. The first-order valence-electron chi connectivity index (χ1n) is 11.2. The number of carbonyl (C=O) groups excluding carboxylic acids is 4. The zero-order valence-electron chi connectivity index (χ0n) is 19.5. The van der Waals surface area contributed by atoms with Crippen LogP contribution in [0.15, 0.2) is 72.8 Å². The van der Waals surface area contributed by atoms with Crippen molar-refractivity contribution < 1.29 is 39.0 Å². The van der Waals surface area contributed by atoms with Crippen molar-refractivity contribution in [3.63, 3.8) is 0 Å². The van der Waals surface area contributed by atoms with Gasteiger partial charge in [0.2, 0.25) is 0 Å². The highest BCUT2D eigenvalue weighted by Crippen LogP contribution is 2.32. The molecule has 190 valence electrons. The summed E-state index contributed by atoms with van der Waals surface area (Å²) in [5, 5.41) is 18.5. The number of nitrogens with zero attached hydrogens (tertiary/aromatic N) is 4. The van der Waals surface area contributed by atoms with Gasteiger partial charge in [0, 0.05) is 11.4 Å². The summed E-state index contributed by atoms with van der Waals surface area (Å²) < 4.78 is 0. The summed E-state index contributed by atoms with van der Waals surface area (Å²) in [6.45, 7) is -0.638. The fraction of sp³-hybridized carbons (Fsp3) is 0.0769. The number of anilines is 4. The molecule has 2 aliphatic rings. The van der Waals surface area contributed by atoms with E-state index in [-0.39, 0.29) is 47.0 Å². The van der Waals surface area contributed by atoms with Crippen LogP contribution in [0.2, 0.25) is 0 Å². The van der Waals surface area contributed by atoms with E-state index in [4.69, 9.17) is 0 Å². The Balaban J connectivity index is 1.41. The fourth-order valence-electron chi connectivity index (χ4n) is 4.30. The van der Waals surface area contributed by atoms with E-state index in [0.29, 0.717) is 0 Å². The molecule has 3 aromatic rings. The highest BCUT2D eigenvalue weighted by Gasteiger charge is 2.40. The molecule has 0 aromatic heterocycles. The summed E-state index contributed by atoms with van der Waals surface area (Å²) in [4.78, 5) is 78.5. The molecule has 3 aromatic carbocycles. The van der Waals surface area contributed by atoms with Crippen molar-refractivity contribution in [1.29, 1.82) is 0 Å². The Bertz CT molecular complexity index is 1440. The Labute approximate surface area is 214 Å². The topological polar surface area (TPSA) is 156 Å². The lowest BCUT2D eigenvalue weighted by molar-refractivity contribution is -0.116. The minimum Gasteiger partial charge on any atom is -0.478 e. The van der Waals surface area contributed by atoms with E-state index in [2.05, 4.69) is 0 Å². The van der Waals surface area contributed by atoms with E-state index in [1.54, 1.807) is 18.2 Å². The second-order valence-electron chi connectivity index (χ2n) is 8.43. The van der Waals surface area contributed by atoms with E-state index < -0.39 is 35.8 Å². The number of hydrogen-bond donors (Lipinski definition) is 2. The first-order valence-corrected chi connectivity index (χ1v) is 11.2. The normalized spacial score (nSPS) is 15.6. The number of carboxylic acid groups (broad SMARTS) is 2. The number of aromatic carboxylic acids is 2. The maximum Gasteiger partial charge on any atom is 0.336 e. The number of hydrogen-bond acceptors (Lipinski definition) is 6. The number of benzene rings is 3. The van der Waals surface area contributed by atoms with Crippen LogP contribution in [0.4, 0.5) is 32.3 Å². The summed E-state index contributed by atoms with van der Waals surface area (Å²) >= 11 is 0. The summed E-state index contributed by atoms with van der Waals surface area (Å²) in [5.41, 5.74) is 0.614. The molecule has 2 saturated heterocycles. The predicted molar refractivity (Wildman–Crippen MR) is 134 cm³/mol. The van der Waals surface area contributed by atoms with Gasteiger partial charge in [0.15, 0.2) is 0 Å². The SMILES string of the molecule is O=C(O)c1cccc(N2C(=O)CN(c3cccc(N4CC(=O)N(c5cccc(C(=O)O)c5)C4=O)c3)C2=O)c1. The van der Waals surface area contributed by atoms with Crippen LogP contribution in [-0.4, -0.2) is 59.1 Å². The molecule has 0 spiro atoms. The van der Waals surface area contributed by atoms with Crippen molar-refractivity contribution in [2.75, 3.05) is 32.7 Å². The molecule has 0 aliphatic carbocycles. The molecule has 2 N–H and O–H groups in total. The van der Waals surface area contributed by atoms with Gasteiger partial charge in [-0.3, -0.25) is 19.4 Å². The lowest BCUT2D eigenvalue weighted by Crippen LogP contribution is -2.34. The number of carboxylic acids is 2. The van der Waals surface area contributed by atoms with Crippen molar-refractivity contribution in [1.82, 2.24) is 0 Å². The number of amides is 6. The molecule has 5 rings (SSSR count). The van der Waals surface area contributed by atoms with E-state index in [1.165, 1.54) is 64.4 Å². The second kappa shape index (κ2) is 9.17. The van der Waals surface area contributed by atoms with E-state index in [1.807, 2.05) is 0 Å². The lowest BCUT2D eigenvalue weighted by atomic mass is 10.2. The van der Waals surface area contributed by atoms with Gasteiger partial charge in [0.05, 0.1) is 22.5 Å². The van der Waals surface area contributed by atoms with Gasteiger partial charge in [-0.15, -0.1) is 0 Å². The molecule has 0 unspecified atom stereocenters. The smallest absolute Gasteiger partial charge is 0.336 e. The van der Waals surface area contributed by atoms with Gasteiger partial charge in [-0.1, -0.05) is 18.2 Å². The van der Waals surface area contributed by atoms with E-state index >= 15 is 0 Å². The monoisotopic (exact) mass is 514 g/mol. The van der Waals surface area contributed by atoms with Gasteiger partial charge >= 0.3 is 24.0 Å². The summed E-state index contributed by atoms with van der Waals surface area (Å²) in [6, 6.07) is 15.6. The number of urea groups is 2. The molecule has 12 nitrogen and oxygen atoms in total. The van der Waals surface area contributed by atoms with Crippen LogP contribution < -0.4 is 19.6 Å². The van der Waals surface area contributed by atoms with Crippen LogP contribution >= 0.6 is 0 Å². The van der Waals surface area contributed by atoms with Gasteiger partial charge in [0.25, 0.3) is 11.8 Å². The Hall–Kier alpha value is -5.52. The predicted octanol–water partition coefficient (Wildman–Crippen LogP) is 3.03. The molecule has 2 heterocycles. The molecule has 2 aliphatic heterocycles. The highest BCUT2D eigenvalue weighted by molar-refractivity contribution is 6.28. The van der Waals surface area contributed by atoms with Crippen molar-refractivity contribution in [2.45, 2.75) is 0 Å². The number of carbonyl (C=O) groups is 6. The van der Waals surface area contributed by atoms with E-state index in [9.17, 15) is 39.0 Å². The van der Waals surface area contributed by atoms with Crippen LogP contribution in [0.1, 0.15) is 20.7 Å². The Kier molecular flexibility index (Phi) is 5.84. The molecule has 0 bridgehead atoms. The van der Waals surface area contributed by atoms with Crippen LogP contribution in [0.3, 0.4) is 0 Å². The second-order valence-corrected chi connectivity index (χ2v) is 8.43. The minimum absolute atomic E-state index is 0.0841. The molecule has 38 heavy (non-hydrogen) atoms. The van der Waals surface area contributed by atoms with Gasteiger partial charge in [-0.25, -0.2) is 29.0 Å². The Morgan fingerprint density at radius 2 is 0.921 bits per heavy atom. The van der Waals surface area contributed by atoms with Gasteiger partial charge < -0.3 is 10.2 Å². The van der Waals surface area contributed by atoms with Gasteiger partial charge in [-0.05, 0) is 54.6 Å². The summed E-state index contributed by atoms with van der Waals surface area (Å²) in [5.74, 6) is -3.55. The van der Waals surface area contributed by atoms with Crippen molar-refractivity contribution in [3.8, 4) is 0 Å². The zero-order valence-corrected chi connectivity index (χ0v) is 19.5. The number of imide groups is 2. The molecule has 0 radical (unpaired) electrons. The van der Waals surface area contributed by atoms with Crippen LogP contribution in [0.5, 0.6) is 0 Å². The van der Waals surface area contributed by atoms with Crippen molar-refractivity contribution in [2.24, 2.45) is 0 Å². The third-order valence-corrected chi connectivity index (χ3v) is 6.09. The van der Waals surface area contributed by atoms with Gasteiger partial charge in [-0.2, -0.15) is 0 Å². The maximum absolute atomic E-state index is 13.2. The molecular formula is C26H18N4O8. The van der Waals surface area contributed by atoms with Crippen LogP contribution in [0.25, 0.3) is 0 Å².